The molecule has 0 aliphatic heterocycles. The zero-order chi connectivity index (χ0) is 11.4. The van der Waals surface area contributed by atoms with E-state index in [0.29, 0.717) is 11.7 Å². The number of rotatable bonds is 5. The molecule has 4 nitrogen and oxygen atoms in total. The van der Waals surface area contributed by atoms with E-state index in [1.165, 1.54) is 19.3 Å². The molecule has 1 aliphatic carbocycles. The summed E-state index contributed by atoms with van der Waals surface area (Å²) in [5.74, 6) is 2.72. The molecule has 0 bridgehead atoms. The molecule has 1 aromatic heterocycles. The molecular weight excluding hydrogens is 202 g/mol. The van der Waals surface area contributed by atoms with Gasteiger partial charge < -0.3 is 10.5 Å². The fraction of sp³-hybridized carbons (Fsp3) is 0.667. The van der Waals surface area contributed by atoms with Gasteiger partial charge in [0.1, 0.15) is 11.6 Å². The minimum Gasteiger partial charge on any atom is -0.478 e. The Morgan fingerprint density at radius 3 is 2.88 bits per heavy atom. The van der Waals surface area contributed by atoms with Crippen molar-refractivity contribution in [1.82, 2.24) is 9.97 Å². The number of aromatic nitrogens is 2. The summed E-state index contributed by atoms with van der Waals surface area (Å²) in [4.78, 5) is 8.39. The van der Waals surface area contributed by atoms with Crippen LogP contribution in [0.4, 0.5) is 5.82 Å². The first-order valence-corrected chi connectivity index (χ1v) is 6.04. The first kappa shape index (κ1) is 11.2. The fourth-order valence-corrected chi connectivity index (χ4v) is 1.84. The molecule has 4 heteroatoms. The third kappa shape index (κ3) is 2.84. The van der Waals surface area contributed by atoms with Crippen molar-refractivity contribution in [3.8, 4) is 5.88 Å². The summed E-state index contributed by atoms with van der Waals surface area (Å²) in [6.45, 7) is 2.75. The highest BCUT2D eigenvalue weighted by atomic mass is 16.5. The Kier molecular flexibility index (Phi) is 3.59. The molecule has 2 N–H and O–H groups in total. The van der Waals surface area contributed by atoms with Crippen LogP contribution in [-0.4, -0.2) is 16.6 Å². The molecule has 1 fully saturated rings. The zero-order valence-electron chi connectivity index (χ0n) is 9.78. The number of hydrogen-bond acceptors (Lipinski definition) is 4. The molecule has 0 unspecified atom stereocenters. The zero-order valence-corrected chi connectivity index (χ0v) is 9.78. The van der Waals surface area contributed by atoms with E-state index in [1.807, 2.05) is 6.92 Å². The summed E-state index contributed by atoms with van der Waals surface area (Å²) < 4.78 is 5.60. The lowest BCUT2D eigenvalue weighted by Gasteiger charge is -2.24. The van der Waals surface area contributed by atoms with Gasteiger partial charge in [0.2, 0.25) is 5.88 Å². The molecule has 88 valence electrons. The molecule has 16 heavy (non-hydrogen) atoms. The summed E-state index contributed by atoms with van der Waals surface area (Å²) in [7, 11) is 0. The van der Waals surface area contributed by atoms with E-state index in [9.17, 15) is 0 Å². The molecule has 1 heterocycles. The molecule has 0 spiro atoms. The largest absolute Gasteiger partial charge is 0.478 e. The van der Waals surface area contributed by atoms with Gasteiger partial charge in [-0.15, -0.1) is 0 Å². The number of aryl methyl sites for hydroxylation is 1. The average molecular weight is 221 g/mol. The van der Waals surface area contributed by atoms with E-state index >= 15 is 0 Å². The van der Waals surface area contributed by atoms with Crippen molar-refractivity contribution in [2.75, 3.05) is 12.3 Å². The summed E-state index contributed by atoms with van der Waals surface area (Å²) in [6.07, 6.45) is 6.01. The van der Waals surface area contributed by atoms with E-state index in [-0.39, 0.29) is 0 Å². The maximum atomic E-state index is 5.67. The van der Waals surface area contributed by atoms with Gasteiger partial charge >= 0.3 is 0 Å². The maximum absolute atomic E-state index is 5.67. The normalized spacial score (nSPS) is 15.8. The maximum Gasteiger partial charge on any atom is 0.218 e. The van der Waals surface area contributed by atoms with E-state index in [2.05, 4.69) is 9.97 Å². The molecule has 0 amide bonds. The molecule has 1 saturated carbocycles. The van der Waals surface area contributed by atoms with Crippen molar-refractivity contribution < 1.29 is 4.74 Å². The second-order valence-electron chi connectivity index (χ2n) is 4.33. The van der Waals surface area contributed by atoms with Crippen LogP contribution in [-0.2, 0) is 6.42 Å². The van der Waals surface area contributed by atoms with Crippen molar-refractivity contribution in [2.24, 2.45) is 5.92 Å². The van der Waals surface area contributed by atoms with E-state index in [4.69, 9.17) is 10.5 Å². The van der Waals surface area contributed by atoms with E-state index in [1.54, 1.807) is 6.07 Å². The lowest BCUT2D eigenvalue weighted by atomic mass is 9.83. The van der Waals surface area contributed by atoms with Gasteiger partial charge in [-0.2, -0.15) is 4.98 Å². The van der Waals surface area contributed by atoms with Crippen LogP contribution < -0.4 is 10.5 Å². The molecule has 2 rings (SSSR count). The first-order chi connectivity index (χ1) is 7.78. The molecule has 0 atom stereocenters. The molecule has 0 aromatic carbocycles. The van der Waals surface area contributed by atoms with Crippen LogP contribution in [0.15, 0.2) is 6.07 Å². The monoisotopic (exact) mass is 221 g/mol. The lowest BCUT2D eigenvalue weighted by molar-refractivity contribution is 0.217. The number of nitrogen functional groups attached to an aromatic ring is 1. The highest BCUT2D eigenvalue weighted by molar-refractivity contribution is 5.32. The van der Waals surface area contributed by atoms with Gasteiger partial charge in [-0.3, -0.25) is 0 Å². The van der Waals surface area contributed by atoms with Crippen molar-refractivity contribution in [1.29, 1.82) is 0 Å². The van der Waals surface area contributed by atoms with Gasteiger partial charge in [-0.1, -0.05) is 26.2 Å². The number of hydrogen-bond donors (Lipinski definition) is 1. The third-order valence-electron chi connectivity index (χ3n) is 3.09. The van der Waals surface area contributed by atoms with Gasteiger partial charge in [-0.05, 0) is 12.3 Å². The van der Waals surface area contributed by atoms with Crippen LogP contribution in [0, 0.1) is 5.92 Å². The van der Waals surface area contributed by atoms with E-state index < -0.39 is 0 Å². The predicted octanol–water partition coefficient (Wildman–Crippen LogP) is 2.19. The van der Waals surface area contributed by atoms with Crippen LogP contribution in [0.2, 0.25) is 0 Å². The minimum atomic E-state index is 0.491. The van der Waals surface area contributed by atoms with E-state index in [0.717, 1.165) is 31.2 Å². The topological polar surface area (TPSA) is 61.0 Å². The van der Waals surface area contributed by atoms with Gasteiger partial charge in [0.05, 0.1) is 6.61 Å². The summed E-state index contributed by atoms with van der Waals surface area (Å²) in [6, 6.07) is 1.69. The molecular formula is C12H19N3O. The Morgan fingerprint density at radius 2 is 2.25 bits per heavy atom. The summed E-state index contributed by atoms with van der Waals surface area (Å²) >= 11 is 0. The van der Waals surface area contributed by atoms with Gasteiger partial charge in [0, 0.05) is 12.5 Å². The van der Waals surface area contributed by atoms with Crippen molar-refractivity contribution in [3.05, 3.63) is 11.9 Å². The highest BCUT2D eigenvalue weighted by Crippen LogP contribution is 2.29. The smallest absolute Gasteiger partial charge is 0.218 e. The van der Waals surface area contributed by atoms with Crippen LogP contribution in [0.1, 0.15) is 38.4 Å². The summed E-state index contributed by atoms with van der Waals surface area (Å²) in [5.41, 5.74) is 5.67. The molecule has 0 saturated heterocycles. The fourth-order valence-electron chi connectivity index (χ4n) is 1.84. The van der Waals surface area contributed by atoms with Crippen LogP contribution in [0.25, 0.3) is 0 Å². The Hall–Kier alpha value is -1.32. The third-order valence-corrected chi connectivity index (χ3v) is 3.09. The van der Waals surface area contributed by atoms with Crippen molar-refractivity contribution >= 4 is 5.82 Å². The van der Waals surface area contributed by atoms with Crippen LogP contribution in [0.5, 0.6) is 5.88 Å². The van der Waals surface area contributed by atoms with Crippen molar-refractivity contribution in [2.45, 2.75) is 39.0 Å². The Bertz CT molecular complexity index is 350. The van der Waals surface area contributed by atoms with Gasteiger partial charge in [0.15, 0.2) is 0 Å². The van der Waals surface area contributed by atoms with Crippen molar-refractivity contribution in [3.63, 3.8) is 0 Å². The predicted molar refractivity (Wildman–Crippen MR) is 63.3 cm³/mol. The first-order valence-electron chi connectivity index (χ1n) is 6.04. The molecule has 1 aliphatic rings. The number of anilines is 1. The van der Waals surface area contributed by atoms with Crippen LogP contribution >= 0.6 is 0 Å². The Balaban J connectivity index is 1.84. The van der Waals surface area contributed by atoms with Crippen LogP contribution in [0.3, 0.4) is 0 Å². The van der Waals surface area contributed by atoms with Gasteiger partial charge in [0.25, 0.3) is 0 Å². The average Bonchev–Trinajstić information content (AvgIpc) is 2.21. The Morgan fingerprint density at radius 1 is 1.44 bits per heavy atom. The second-order valence-corrected chi connectivity index (χ2v) is 4.33. The second kappa shape index (κ2) is 5.14. The quantitative estimate of drug-likeness (QED) is 0.828. The molecule has 1 aromatic rings. The van der Waals surface area contributed by atoms with Gasteiger partial charge in [-0.25, -0.2) is 4.98 Å². The summed E-state index contributed by atoms with van der Waals surface area (Å²) in [5, 5.41) is 0. The minimum absolute atomic E-state index is 0.491. The highest BCUT2D eigenvalue weighted by Gasteiger charge is 2.17. The lowest BCUT2D eigenvalue weighted by Crippen LogP contribution is -2.15. The standard InChI is InChI=1S/C12H19N3O/c1-2-11-14-10(13)8-12(15-11)16-7-6-9-4-3-5-9/h8-9H,2-7H2,1H3,(H2,13,14,15). The SMILES string of the molecule is CCc1nc(N)cc(OCCC2CCC2)n1. The molecule has 0 radical (unpaired) electrons. The number of nitrogens with zero attached hydrogens (tertiary/aromatic N) is 2. The number of nitrogens with two attached hydrogens (primary N) is 1. The Labute approximate surface area is 96.2 Å². The number of ether oxygens (including phenoxy) is 1.